The maximum absolute atomic E-state index is 13.6. The first-order valence-corrected chi connectivity index (χ1v) is 9.45. The average molecular weight is 479 g/mol. The zero-order chi connectivity index (χ0) is 23.3. The van der Waals surface area contributed by atoms with E-state index < -0.39 is 47.4 Å². The van der Waals surface area contributed by atoms with E-state index in [-0.39, 0.29) is 22.8 Å². The second kappa shape index (κ2) is 7.76. The van der Waals surface area contributed by atoms with Crippen LogP contribution in [0.4, 0.5) is 37.8 Å². The Labute approximate surface area is 181 Å². The van der Waals surface area contributed by atoms with Gasteiger partial charge in [0.25, 0.3) is 5.91 Å². The number of fused-ring (bicyclic) bond motifs is 1. The monoisotopic (exact) mass is 478 g/mol. The number of aromatic nitrogens is 2. The third-order valence-corrected chi connectivity index (χ3v) is 5.23. The van der Waals surface area contributed by atoms with Crippen LogP contribution in [0.2, 0.25) is 5.02 Å². The minimum absolute atomic E-state index is 0.227. The number of halogens is 7. The average Bonchev–Trinajstić information content (AvgIpc) is 3.36. The van der Waals surface area contributed by atoms with Gasteiger partial charge in [-0.2, -0.15) is 31.4 Å². The molecule has 3 heterocycles. The smallest absolute Gasteiger partial charge is 0.417 e. The normalized spacial score (nSPS) is 18.7. The molecule has 3 aromatic rings. The zero-order valence-electron chi connectivity index (χ0n) is 15.8. The Morgan fingerprint density at radius 2 is 1.97 bits per heavy atom. The van der Waals surface area contributed by atoms with Crippen LogP contribution in [0, 0.1) is 0 Å². The van der Waals surface area contributed by atoms with E-state index in [1.54, 1.807) is 0 Å². The summed E-state index contributed by atoms with van der Waals surface area (Å²) in [6.07, 6.45) is -7.63. The summed E-state index contributed by atoms with van der Waals surface area (Å²) in [6, 6.07) is 2.79. The molecule has 13 heteroatoms. The van der Waals surface area contributed by atoms with Gasteiger partial charge in [-0.1, -0.05) is 11.6 Å². The molecule has 0 fully saturated rings. The van der Waals surface area contributed by atoms with Gasteiger partial charge < -0.3 is 15.1 Å². The molecular formula is C19H13ClF6N4O2. The Morgan fingerprint density at radius 1 is 1.22 bits per heavy atom. The van der Waals surface area contributed by atoms with Gasteiger partial charge in [0.15, 0.2) is 6.04 Å². The van der Waals surface area contributed by atoms with Gasteiger partial charge in [0.2, 0.25) is 0 Å². The number of hydrogen-bond acceptors (Lipinski definition) is 4. The number of carbonyl (C=O) groups is 1. The van der Waals surface area contributed by atoms with Crippen molar-refractivity contribution in [3.63, 3.8) is 0 Å². The Hall–Kier alpha value is -3.15. The summed E-state index contributed by atoms with van der Waals surface area (Å²) in [4.78, 5) is 12.7. The van der Waals surface area contributed by atoms with E-state index >= 15 is 0 Å². The van der Waals surface area contributed by atoms with Gasteiger partial charge in [-0.3, -0.25) is 4.79 Å². The van der Waals surface area contributed by atoms with Crippen molar-refractivity contribution in [3.05, 3.63) is 64.7 Å². The summed E-state index contributed by atoms with van der Waals surface area (Å²) in [5, 5.41) is 8.18. The number of alkyl halides is 6. The van der Waals surface area contributed by atoms with Gasteiger partial charge in [-0.15, -0.1) is 0 Å². The fourth-order valence-corrected chi connectivity index (χ4v) is 3.65. The lowest BCUT2D eigenvalue weighted by Gasteiger charge is -2.32. The molecule has 0 saturated carbocycles. The highest BCUT2D eigenvalue weighted by atomic mass is 35.5. The van der Waals surface area contributed by atoms with Gasteiger partial charge >= 0.3 is 12.4 Å². The van der Waals surface area contributed by atoms with Crippen molar-refractivity contribution >= 4 is 29.0 Å². The Bertz CT molecular complexity index is 1140. The highest BCUT2D eigenvalue weighted by Gasteiger charge is 2.47. The first kappa shape index (κ1) is 22.1. The van der Waals surface area contributed by atoms with Crippen LogP contribution in [-0.2, 0) is 6.18 Å². The van der Waals surface area contributed by atoms with E-state index in [0.717, 1.165) is 18.3 Å². The molecule has 1 aromatic carbocycles. The van der Waals surface area contributed by atoms with Crippen molar-refractivity contribution in [2.45, 2.75) is 30.9 Å². The molecule has 2 aromatic heterocycles. The first-order valence-electron chi connectivity index (χ1n) is 9.07. The molecule has 0 spiro atoms. The van der Waals surface area contributed by atoms with Gasteiger partial charge in [0, 0.05) is 12.1 Å². The van der Waals surface area contributed by atoms with Crippen LogP contribution in [-0.4, -0.2) is 21.9 Å². The lowest BCUT2D eigenvalue weighted by molar-refractivity contribution is -0.174. The van der Waals surface area contributed by atoms with Crippen LogP contribution in [0.25, 0.3) is 0 Å². The molecule has 0 bridgehead atoms. The number of nitrogens with one attached hydrogen (secondary N) is 2. The number of nitrogens with zero attached hydrogens (tertiary/aromatic N) is 2. The van der Waals surface area contributed by atoms with Crippen LogP contribution < -0.4 is 10.6 Å². The summed E-state index contributed by atoms with van der Waals surface area (Å²) in [5.41, 5.74) is -1.68. The third-order valence-electron chi connectivity index (χ3n) is 4.90. The standard InChI is InChI=1S/C19H13ClF6N4O2/c20-12-4-3-9(6-11(12)18(21,22)23)28-17(31)10-8-27-30-15(19(24,25)26)7-13(29-16(10)30)14-2-1-5-32-14/h1-6,8,13,15,29H,7H2,(H,28,31)/t13-,15+/m1/s1. The van der Waals surface area contributed by atoms with Crippen LogP contribution in [0.3, 0.4) is 0 Å². The maximum Gasteiger partial charge on any atom is 0.417 e. The van der Waals surface area contributed by atoms with E-state index in [0.29, 0.717) is 10.7 Å². The third kappa shape index (κ3) is 4.14. The SMILES string of the molecule is O=C(Nc1ccc(Cl)c(C(F)(F)F)c1)c1cnn2c1N[C@@H](c1ccco1)C[C@H]2C(F)(F)F. The van der Waals surface area contributed by atoms with Crippen LogP contribution in [0.15, 0.2) is 47.2 Å². The Kier molecular flexibility index (Phi) is 5.35. The minimum Gasteiger partial charge on any atom is -0.467 e. The van der Waals surface area contributed by atoms with Gasteiger partial charge in [-0.25, -0.2) is 4.68 Å². The number of hydrogen-bond donors (Lipinski definition) is 2. The molecule has 0 aliphatic carbocycles. The topological polar surface area (TPSA) is 72.1 Å². The number of benzene rings is 1. The molecule has 2 atom stereocenters. The molecule has 0 saturated heterocycles. The van der Waals surface area contributed by atoms with E-state index in [2.05, 4.69) is 15.7 Å². The van der Waals surface area contributed by atoms with E-state index in [1.807, 2.05) is 0 Å². The second-order valence-electron chi connectivity index (χ2n) is 7.00. The molecular weight excluding hydrogens is 466 g/mol. The summed E-state index contributed by atoms with van der Waals surface area (Å²) in [5.74, 6) is -0.955. The highest BCUT2D eigenvalue weighted by Crippen LogP contribution is 2.44. The number of rotatable bonds is 3. The van der Waals surface area contributed by atoms with Gasteiger partial charge in [-0.05, 0) is 30.3 Å². The number of anilines is 2. The Balaban J connectivity index is 1.67. The summed E-state index contributed by atoms with van der Waals surface area (Å²) >= 11 is 5.56. The minimum atomic E-state index is -4.76. The van der Waals surface area contributed by atoms with Crippen LogP contribution in [0.1, 0.15) is 40.2 Å². The molecule has 1 aliphatic rings. The number of amides is 1. The quantitative estimate of drug-likeness (QED) is 0.449. The predicted octanol–water partition coefficient (Wildman–Crippen LogP) is 6.06. The number of furan rings is 1. The zero-order valence-corrected chi connectivity index (χ0v) is 16.5. The largest absolute Gasteiger partial charge is 0.467 e. The molecule has 0 radical (unpaired) electrons. The summed E-state index contributed by atoms with van der Waals surface area (Å²) in [7, 11) is 0. The maximum atomic E-state index is 13.6. The molecule has 1 amide bonds. The molecule has 6 nitrogen and oxygen atoms in total. The van der Waals surface area contributed by atoms with Crippen molar-refractivity contribution in [2.75, 3.05) is 10.6 Å². The molecule has 0 unspecified atom stereocenters. The number of carbonyl (C=O) groups excluding carboxylic acids is 1. The van der Waals surface area contributed by atoms with Crippen molar-refractivity contribution in [3.8, 4) is 0 Å². The summed E-state index contributed by atoms with van der Waals surface area (Å²) in [6.45, 7) is 0. The predicted molar refractivity (Wildman–Crippen MR) is 101 cm³/mol. The molecule has 170 valence electrons. The summed E-state index contributed by atoms with van der Waals surface area (Å²) < 4.78 is 86.0. The fraction of sp³-hybridized carbons (Fsp3) is 0.263. The van der Waals surface area contributed by atoms with E-state index in [9.17, 15) is 31.1 Å². The molecule has 2 N–H and O–H groups in total. The molecule has 1 aliphatic heterocycles. The lowest BCUT2D eigenvalue weighted by atomic mass is 10.0. The molecule has 32 heavy (non-hydrogen) atoms. The van der Waals surface area contributed by atoms with Crippen molar-refractivity contribution in [2.24, 2.45) is 0 Å². The van der Waals surface area contributed by atoms with E-state index in [4.69, 9.17) is 16.0 Å². The second-order valence-corrected chi connectivity index (χ2v) is 7.41. The highest BCUT2D eigenvalue weighted by molar-refractivity contribution is 6.31. The fourth-order valence-electron chi connectivity index (χ4n) is 3.42. The first-order chi connectivity index (χ1) is 14.9. The van der Waals surface area contributed by atoms with Crippen molar-refractivity contribution in [1.29, 1.82) is 0 Å². The van der Waals surface area contributed by atoms with Crippen LogP contribution in [0.5, 0.6) is 0 Å². The van der Waals surface area contributed by atoms with Gasteiger partial charge in [0.05, 0.1) is 29.1 Å². The Morgan fingerprint density at radius 3 is 2.59 bits per heavy atom. The van der Waals surface area contributed by atoms with Gasteiger partial charge in [0.1, 0.15) is 17.1 Å². The van der Waals surface area contributed by atoms with Crippen LogP contribution >= 0.6 is 11.6 Å². The van der Waals surface area contributed by atoms with Crippen molar-refractivity contribution in [1.82, 2.24) is 9.78 Å². The lowest BCUT2D eigenvalue weighted by Crippen LogP contribution is -2.36. The van der Waals surface area contributed by atoms with Crippen molar-refractivity contribution < 1.29 is 35.6 Å². The molecule has 4 rings (SSSR count). The van der Waals surface area contributed by atoms with E-state index in [1.165, 1.54) is 18.4 Å².